The number of hydrogen-bond donors (Lipinski definition) is 1. The number of rotatable bonds is 6. The predicted molar refractivity (Wildman–Crippen MR) is 99.6 cm³/mol. The molecule has 3 rings (SSSR count). The Morgan fingerprint density at radius 2 is 1.88 bits per heavy atom. The van der Waals surface area contributed by atoms with E-state index in [1.54, 1.807) is 26.2 Å². The third-order valence-corrected chi connectivity index (χ3v) is 4.30. The number of hydrogen-bond acceptors (Lipinski definition) is 4. The van der Waals surface area contributed by atoms with Crippen molar-refractivity contribution in [2.75, 3.05) is 7.11 Å². The Hall–Kier alpha value is -3.08. The highest BCUT2D eigenvalue weighted by molar-refractivity contribution is 6.11. The number of nitrogens with one attached hydrogen (secondary N) is 1. The van der Waals surface area contributed by atoms with Gasteiger partial charge in [-0.05, 0) is 37.6 Å². The van der Waals surface area contributed by atoms with Gasteiger partial charge < -0.3 is 14.5 Å². The fourth-order valence-electron chi connectivity index (χ4n) is 3.04. The van der Waals surface area contributed by atoms with Gasteiger partial charge in [-0.15, -0.1) is 0 Å². The minimum atomic E-state index is -0.856. The lowest BCUT2D eigenvalue weighted by Gasteiger charge is -2.13. The molecular weight excluding hydrogens is 330 g/mol. The molecule has 1 atom stereocenters. The van der Waals surface area contributed by atoms with Crippen molar-refractivity contribution in [3.05, 3.63) is 65.4 Å². The maximum absolute atomic E-state index is 12.8. The lowest BCUT2D eigenvalue weighted by molar-refractivity contribution is -0.145. The Balaban J connectivity index is 1.72. The first-order valence-corrected chi connectivity index (χ1v) is 8.43. The molecule has 0 radical (unpaired) electrons. The molecular formula is C21H21NO4. The number of para-hydroxylation sites is 1. The van der Waals surface area contributed by atoms with Gasteiger partial charge in [-0.2, -0.15) is 0 Å². The van der Waals surface area contributed by atoms with Crippen LogP contribution in [-0.2, 0) is 16.0 Å². The molecule has 0 aliphatic heterocycles. The molecule has 0 saturated heterocycles. The summed E-state index contributed by atoms with van der Waals surface area (Å²) >= 11 is 0. The number of carbonyl (C=O) groups is 2. The summed E-state index contributed by atoms with van der Waals surface area (Å²) in [5, 5.41) is 0.839. The van der Waals surface area contributed by atoms with Gasteiger partial charge in [-0.1, -0.05) is 30.3 Å². The SMILES string of the molecule is COc1cccc(CC(=O)O[C@@H](C)C(=O)c2c(C)[nH]c3ccccc23)c1. The second-order valence-electron chi connectivity index (χ2n) is 6.20. The topological polar surface area (TPSA) is 68.4 Å². The summed E-state index contributed by atoms with van der Waals surface area (Å²) in [4.78, 5) is 28.2. The number of benzene rings is 2. The quantitative estimate of drug-likeness (QED) is 0.541. The molecule has 1 N–H and O–H groups in total. The van der Waals surface area contributed by atoms with E-state index in [4.69, 9.17) is 9.47 Å². The van der Waals surface area contributed by atoms with E-state index in [2.05, 4.69) is 4.98 Å². The van der Waals surface area contributed by atoms with E-state index in [0.717, 1.165) is 22.2 Å². The van der Waals surface area contributed by atoms with E-state index in [-0.39, 0.29) is 12.2 Å². The van der Waals surface area contributed by atoms with Gasteiger partial charge in [-0.3, -0.25) is 9.59 Å². The molecule has 0 aliphatic rings. The Kier molecular flexibility index (Phi) is 5.07. The van der Waals surface area contributed by atoms with Crippen molar-refractivity contribution in [2.24, 2.45) is 0 Å². The zero-order valence-corrected chi connectivity index (χ0v) is 15.0. The Morgan fingerprint density at radius 3 is 2.65 bits per heavy atom. The Labute approximate surface area is 151 Å². The number of esters is 1. The van der Waals surface area contributed by atoms with Crippen LogP contribution in [0.4, 0.5) is 0 Å². The first-order chi connectivity index (χ1) is 12.5. The predicted octanol–water partition coefficient (Wildman–Crippen LogP) is 3.84. The van der Waals surface area contributed by atoms with Crippen LogP contribution < -0.4 is 4.74 Å². The molecule has 0 amide bonds. The molecule has 1 aromatic heterocycles. The number of fused-ring (bicyclic) bond motifs is 1. The van der Waals surface area contributed by atoms with Crippen LogP contribution in [0.3, 0.4) is 0 Å². The zero-order chi connectivity index (χ0) is 18.7. The number of aromatic amines is 1. The van der Waals surface area contributed by atoms with E-state index in [1.807, 2.05) is 43.3 Å². The van der Waals surface area contributed by atoms with Gasteiger partial charge in [0.2, 0.25) is 5.78 Å². The Morgan fingerprint density at radius 1 is 1.12 bits per heavy atom. The number of Topliss-reactive ketones (excluding diaryl/α,β-unsaturated/α-hetero) is 1. The maximum Gasteiger partial charge on any atom is 0.310 e. The van der Waals surface area contributed by atoms with Gasteiger partial charge in [0, 0.05) is 22.2 Å². The normalized spacial score (nSPS) is 12.0. The van der Waals surface area contributed by atoms with Crippen molar-refractivity contribution in [1.29, 1.82) is 0 Å². The van der Waals surface area contributed by atoms with Gasteiger partial charge in [0.1, 0.15) is 5.75 Å². The first-order valence-electron chi connectivity index (χ1n) is 8.43. The average Bonchev–Trinajstić information content (AvgIpc) is 2.96. The first kappa shape index (κ1) is 17.7. The van der Waals surface area contributed by atoms with Crippen molar-refractivity contribution < 1.29 is 19.1 Å². The molecule has 0 saturated carbocycles. The summed E-state index contributed by atoms with van der Waals surface area (Å²) in [6.45, 7) is 3.45. The highest BCUT2D eigenvalue weighted by Crippen LogP contribution is 2.24. The van der Waals surface area contributed by atoms with Crippen molar-refractivity contribution in [3.63, 3.8) is 0 Å². The van der Waals surface area contributed by atoms with Gasteiger partial charge in [0.05, 0.1) is 13.5 Å². The van der Waals surface area contributed by atoms with E-state index in [0.29, 0.717) is 11.3 Å². The fraction of sp³-hybridized carbons (Fsp3) is 0.238. The standard InChI is InChI=1S/C21H21NO4/c1-13-20(17-9-4-5-10-18(17)22-13)21(24)14(2)26-19(23)12-15-7-6-8-16(11-15)25-3/h4-11,14,22H,12H2,1-3H3/t14-/m0/s1. The summed E-state index contributed by atoms with van der Waals surface area (Å²) in [6.07, 6.45) is -0.771. The van der Waals surface area contributed by atoms with Crippen LogP contribution in [0.15, 0.2) is 48.5 Å². The highest BCUT2D eigenvalue weighted by atomic mass is 16.5. The molecule has 26 heavy (non-hydrogen) atoms. The van der Waals surface area contributed by atoms with Crippen molar-refractivity contribution in [3.8, 4) is 5.75 Å². The number of aromatic nitrogens is 1. The van der Waals surface area contributed by atoms with Crippen LogP contribution in [0.25, 0.3) is 10.9 Å². The molecule has 5 heteroatoms. The molecule has 5 nitrogen and oxygen atoms in total. The molecule has 0 unspecified atom stereocenters. The summed E-state index contributed by atoms with van der Waals surface area (Å²) in [7, 11) is 1.57. The lowest BCUT2D eigenvalue weighted by atomic mass is 10.0. The van der Waals surface area contributed by atoms with Gasteiger partial charge in [0.15, 0.2) is 6.10 Å². The molecule has 0 aliphatic carbocycles. The summed E-state index contributed by atoms with van der Waals surface area (Å²) in [6, 6.07) is 14.8. The van der Waals surface area contributed by atoms with Crippen LogP contribution in [0, 0.1) is 6.92 Å². The van der Waals surface area contributed by atoms with Gasteiger partial charge in [0.25, 0.3) is 0 Å². The molecule has 134 valence electrons. The van der Waals surface area contributed by atoms with Crippen LogP contribution >= 0.6 is 0 Å². The number of aryl methyl sites for hydroxylation is 1. The fourth-order valence-corrected chi connectivity index (χ4v) is 3.04. The van der Waals surface area contributed by atoms with E-state index >= 15 is 0 Å². The van der Waals surface area contributed by atoms with Gasteiger partial charge in [-0.25, -0.2) is 0 Å². The molecule has 2 aromatic carbocycles. The number of H-pyrrole nitrogens is 1. The van der Waals surface area contributed by atoms with E-state index in [9.17, 15) is 9.59 Å². The van der Waals surface area contributed by atoms with Crippen molar-refractivity contribution in [2.45, 2.75) is 26.4 Å². The summed E-state index contributed by atoms with van der Waals surface area (Å²) in [5.74, 6) is 0.0179. The number of ketones is 1. The summed E-state index contributed by atoms with van der Waals surface area (Å²) in [5.41, 5.74) is 3.01. The molecule has 0 spiro atoms. The number of ether oxygens (including phenoxy) is 2. The largest absolute Gasteiger partial charge is 0.497 e. The highest BCUT2D eigenvalue weighted by Gasteiger charge is 2.24. The number of carbonyl (C=O) groups excluding carboxylic acids is 2. The number of methoxy groups -OCH3 is 1. The van der Waals surface area contributed by atoms with Crippen LogP contribution in [0.1, 0.15) is 28.5 Å². The zero-order valence-electron chi connectivity index (χ0n) is 15.0. The monoisotopic (exact) mass is 351 g/mol. The Bertz CT molecular complexity index is 958. The van der Waals surface area contributed by atoms with E-state index in [1.165, 1.54) is 0 Å². The molecule has 3 aromatic rings. The molecule has 0 bridgehead atoms. The van der Waals surface area contributed by atoms with Crippen LogP contribution in [0.5, 0.6) is 5.75 Å². The van der Waals surface area contributed by atoms with Gasteiger partial charge >= 0.3 is 5.97 Å². The van der Waals surface area contributed by atoms with Crippen molar-refractivity contribution in [1.82, 2.24) is 4.98 Å². The van der Waals surface area contributed by atoms with E-state index < -0.39 is 12.1 Å². The maximum atomic E-state index is 12.8. The third kappa shape index (κ3) is 3.61. The third-order valence-electron chi connectivity index (χ3n) is 4.30. The smallest absolute Gasteiger partial charge is 0.310 e. The second kappa shape index (κ2) is 7.44. The average molecular weight is 351 g/mol. The minimum absolute atomic E-state index is 0.0850. The van der Waals surface area contributed by atoms with Crippen LogP contribution in [0.2, 0.25) is 0 Å². The molecule has 0 fully saturated rings. The van der Waals surface area contributed by atoms with Crippen LogP contribution in [-0.4, -0.2) is 30.0 Å². The summed E-state index contributed by atoms with van der Waals surface area (Å²) < 4.78 is 10.5. The second-order valence-corrected chi connectivity index (χ2v) is 6.20. The minimum Gasteiger partial charge on any atom is -0.497 e. The molecule has 1 heterocycles. The van der Waals surface area contributed by atoms with Crippen molar-refractivity contribution >= 4 is 22.7 Å². The lowest BCUT2D eigenvalue weighted by Crippen LogP contribution is -2.25.